The quantitative estimate of drug-likeness (QED) is 0.535. The number of nitrogens with zero attached hydrogens (tertiary/aromatic N) is 1. The van der Waals surface area contributed by atoms with E-state index >= 15 is 0 Å². The van der Waals surface area contributed by atoms with Gasteiger partial charge in [-0.05, 0) is 61.5 Å². The topological polar surface area (TPSA) is 54.0 Å². The second-order valence-corrected chi connectivity index (χ2v) is 7.93. The first-order chi connectivity index (χ1) is 12.4. The summed E-state index contributed by atoms with van der Waals surface area (Å²) in [6.45, 7) is 3.98. The van der Waals surface area contributed by atoms with Crippen LogP contribution in [0.3, 0.4) is 0 Å². The summed E-state index contributed by atoms with van der Waals surface area (Å²) in [5, 5.41) is 8.46. The van der Waals surface area contributed by atoms with E-state index in [0.29, 0.717) is 10.7 Å². The lowest BCUT2D eigenvalue weighted by atomic mass is 10.1. The van der Waals surface area contributed by atoms with Gasteiger partial charge in [-0.1, -0.05) is 34.1 Å². The Morgan fingerprint density at radius 3 is 2.54 bits per heavy atom. The van der Waals surface area contributed by atoms with Crippen LogP contribution in [-0.4, -0.2) is 16.0 Å². The fourth-order valence-electron chi connectivity index (χ4n) is 2.27. The van der Waals surface area contributed by atoms with E-state index in [0.717, 1.165) is 26.9 Å². The molecule has 2 aromatic carbocycles. The maximum atomic E-state index is 12.3. The van der Waals surface area contributed by atoms with Gasteiger partial charge in [0, 0.05) is 21.0 Å². The largest absolute Gasteiger partial charge is 0.308 e. The maximum Gasteiger partial charge on any atom is 0.257 e. The molecule has 4 nitrogen and oxygen atoms in total. The van der Waals surface area contributed by atoms with E-state index in [1.54, 1.807) is 6.07 Å². The van der Waals surface area contributed by atoms with Crippen LogP contribution in [0.25, 0.3) is 11.3 Å². The summed E-state index contributed by atoms with van der Waals surface area (Å²) in [7, 11) is 0. The highest BCUT2D eigenvalue weighted by Gasteiger charge is 2.11. The number of amides is 1. The molecule has 3 aromatic rings. The summed E-state index contributed by atoms with van der Waals surface area (Å²) in [6, 6.07) is 13.5. The fraction of sp³-hybridized carbons (Fsp3) is 0.105. The molecular weight excluding hydrogens is 430 g/mol. The number of carbonyl (C=O) groups excluding carboxylic acids is 1. The van der Waals surface area contributed by atoms with E-state index in [4.69, 9.17) is 12.2 Å². The molecule has 26 heavy (non-hydrogen) atoms. The number of aryl methyl sites for hydroxylation is 2. The van der Waals surface area contributed by atoms with Gasteiger partial charge in [0.15, 0.2) is 10.2 Å². The Hall–Kier alpha value is -2.09. The van der Waals surface area contributed by atoms with Crippen LogP contribution in [0, 0.1) is 13.8 Å². The van der Waals surface area contributed by atoms with Gasteiger partial charge in [0.1, 0.15) is 0 Å². The summed E-state index contributed by atoms with van der Waals surface area (Å²) in [4.78, 5) is 16.8. The van der Waals surface area contributed by atoms with E-state index in [-0.39, 0.29) is 11.0 Å². The zero-order valence-corrected chi connectivity index (χ0v) is 17.4. The Balaban J connectivity index is 1.64. The molecule has 0 spiro atoms. The number of benzene rings is 2. The van der Waals surface area contributed by atoms with Crippen LogP contribution in [0.2, 0.25) is 0 Å². The lowest BCUT2D eigenvalue weighted by molar-refractivity contribution is 0.0977. The molecule has 1 heterocycles. The monoisotopic (exact) mass is 445 g/mol. The molecule has 1 aromatic heterocycles. The summed E-state index contributed by atoms with van der Waals surface area (Å²) in [6.07, 6.45) is 0. The molecule has 1 amide bonds. The number of anilines is 1. The van der Waals surface area contributed by atoms with Crippen LogP contribution in [0.4, 0.5) is 5.13 Å². The standard InChI is InChI=1S/C19H16BrN3OS2/c1-11-3-4-14(9-12(11)2)17(24)22-18(25)23-19-21-16(10-26-19)13-5-7-15(20)8-6-13/h3-10H,1-2H3,(H2,21,22,23,24,25). The number of hydrogen-bond acceptors (Lipinski definition) is 4. The summed E-state index contributed by atoms with van der Waals surface area (Å²) in [5.74, 6) is -0.240. The predicted octanol–water partition coefficient (Wildman–Crippen LogP) is 5.32. The highest BCUT2D eigenvalue weighted by molar-refractivity contribution is 9.10. The molecule has 0 aliphatic carbocycles. The zero-order chi connectivity index (χ0) is 18.7. The second-order valence-electron chi connectivity index (χ2n) is 5.75. The molecule has 0 radical (unpaired) electrons. The van der Waals surface area contributed by atoms with Crippen molar-refractivity contribution in [3.05, 3.63) is 69.0 Å². The molecule has 7 heteroatoms. The number of thiazole rings is 1. The molecule has 0 aliphatic rings. The molecule has 0 saturated carbocycles. The Bertz CT molecular complexity index is 967. The van der Waals surface area contributed by atoms with Gasteiger partial charge in [0.25, 0.3) is 5.91 Å². The molecule has 0 atom stereocenters. The molecule has 0 aliphatic heterocycles. The average Bonchev–Trinajstić information content (AvgIpc) is 3.06. The van der Waals surface area contributed by atoms with Crippen LogP contribution in [-0.2, 0) is 0 Å². The number of carbonyl (C=O) groups is 1. The minimum absolute atomic E-state index is 0.227. The van der Waals surface area contributed by atoms with Crippen molar-refractivity contribution in [2.45, 2.75) is 13.8 Å². The first-order valence-corrected chi connectivity index (χ1v) is 9.91. The van der Waals surface area contributed by atoms with Gasteiger partial charge in [-0.25, -0.2) is 4.98 Å². The Morgan fingerprint density at radius 2 is 1.85 bits per heavy atom. The zero-order valence-electron chi connectivity index (χ0n) is 14.2. The van der Waals surface area contributed by atoms with Gasteiger partial charge in [-0.15, -0.1) is 11.3 Å². The van der Waals surface area contributed by atoms with Gasteiger partial charge < -0.3 is 5.32 Å². The van der Waals surface area contributed by atoms with Crippen molar-refractivity contribution >= 4 is 55.6 Å². The molecule has 2 N–H and O–H groups in total. The highest BCUT2D eigenvalue weighted by Crippen LogP contribution is 2.26. The molecular formula is C19H16BrN3OS2. The average molecular weight is 446 g/mol. The number of halogens is 1. The van der Waals surface area contributed by atoms with Crippen LogP contribution in [0.5, 0.6) is 0 Å². The SMILES string of the molecule is Cc1ccc(C(=O)NC(=S)Nc2nc(-c3ccc(Br)cc3)cs2)cc1C. The number of nitrogens with one attached hydrogen (secondary N) is 2. The molecule has 3 rings (SSSR count). The summed E-state index contributed by atoms with van der Waals surface area (Å²) >= 11 is 10.1. The lowest BCUT2D eigenvalue weighted by Crippen LogP contribution is -2.34. The van der Waals surface area contributed by atoms with Crippen molar-refractivity contribution in [3.63, 3.8) is 0 Å². The Labute approximate surface area is 169 Å². The third-order valence-corrected chi connectivity index (χ3v) is 5.35. The van der Waals surface area contributed by atoms with Crippen molar-refractivity contribution in [2.24, 2.45) is 0 Å². The van der Waals surface area contributed by atoms with E-state index < -0.39 is 0 Å². The van der Waals surface area contributed by atoms with E-state index in [1.165, 1.54) is 11.3 Å². The van der Waals surface area contributed by atoms with Crippen molar-refractivity contribution in [3.8, 4) is 11.3 Å². The third kappa shape index (κ3) is 4.55. The molecule has 0 saturated heterocycles. The first kappa shape index (κ1) is 18.7. The number of rotatable bonds is 3. The normalized spacial score (nSPS) is 10.4. The predicted molar refractivity (Wildman–Crippen MR) is 115 cm³/mol. The maximum absolute atomic E-state index is 12.3. The third-order valence-electron chi connectivity index (χ3n) is 3.86. The molecule has 0 bridgehead atoms. The number of thiocarbonyl (C=S) groups is 1. The molecule has 132 valence electrons. The highest BCUT2D eigenvalue weighted by atomic mass is 79.9. The van der Waals surface area contributed by atoms with E-state index in [2.05, 4.69) is 31.5 Å². The lowest BCUT2D eigenvalue weighted by Gasteiger charge is -2.08. The summed E-state index contributed by atoms with van der Waals surface area (Å²) in [5.41, 5.74) is 4.66. The van der Waals surface area contributed by atoms with Gasteiger partial charge in [0.2, 0.25) is 0 Å². The Morgan fingerprint density at radius 1 is 1.12 bits per heavy atom. The van der Waals surface area contributed by atoms with Crippen molar-refractivity contribution in [2.75, 3.05) is 5.32 Å². The molecule has 0 unspecified atom stereocenters. The van der Waals surface area contributed by atoms with Crippen LogP contribution >= 0.6 is 39.5 Å². The minimum Gasteiger partial charge on any atom is -0.308 e. The van der Waals surface area contributed by atoms with Gasteiger partial charge in [0.05, 0.1) is 5.69 Å². The van der Waals surface area contributed by atoms with E-state index in [9.17, 15) is 4.79 Å². The van der Waals surface area contributed by atoms with Crippen molar-refractivity contribution in [1.29, 1.82) is 0 Å². The van der Waals surface area contributed by atoms with Crippen LogP contribution < -0.4 is 10.6 Å². The minimum atomic E-state index is -0.240. The van der Waals surface area contributed by atoms with Crippen molar-refractivity contribution < 1.29 is 4.79 Å². The fourth-order valence-corrected chi connectivity index (χ4v) is 3.51. The Kier molecular flexibility index (Phi) is 5.80. The first-order valence-electron chi connectivity index (χ1n) is 7.83. The van der Waals surface area contributed by atoms with Crippen LogP contribution in [0.15, 0.2) is 52.3 Å². The van der Waals surface area contributed by atoms with Crippen molar-refractivity contribution in [1.82, 2.24) is 10.3 Å². The van der Waals surface area contributed by atoms with Gasteiger partial charge in [-0.2, -0.15) is 0 Å². The van der Waals surface area contributed by atoms with Gasteiger partial charge >= 0.3 is 0 Å². The van der Waals surface area contributed by atoms with E-state index in [1.807, 2.05) is 55.6 Å². The van der Waals surface area contributed by atoms with Gasteiger partial charge in [-0.3, -0.25) is 10.1 Å². The number of aromatic nitrogens is 1. The van der Waals surface area contributed by atoms with Crippen LogP contribution in [0.1, 0.15) is 21.5 Å². The second kappa shape index (κ2) is 8.07. The summed E-state index contributed by atoms with van der Waals surface area (Å²) < 4.78 is 1.02. The number of hydrogen-bond donors (Lipinski definition) is 2. The molecule has 0 fully saturated rings. The smallest absolute Gasteiger partial charge is 0.257 e.